The van der Waals surface area contributed by atoms with Crippen LogP contribution in [0.25, 0.3) is 0 Å². The number of nitrogens with one attached hydrogen (secondary N) is 1. The lowest BCUT2D eigenvalue weighted by molar-refractivity contribution is 0.142. The molecule has 0 saturated carbocycles. The third kappa shape index (κ3) is 3.95. The van der Waals surface area contributed by atoms with Crippen LogP contribution in [-0.2, 0) is 4.74 Å². The van der Waals surface area contributed by atoms with E-state index >= 15 is 0 Å². The van der Waals surface area contributed by atoms with Crippen LogP contribution in [0.5, 0.6) is 5.75 Å². The maximum atomic E-state index is 5.51. The summed E-state index contributed by atoms with van der Waals surface area (Å²) >= 11 is 0. The summed E-state index contributed by atoms with van der Waals surface area (Å²) in [5.74, 6) is 0.968. The molecule has 1 heterocycles. The van der Waals surface area contributed by atoms with Crippen LogP contribution in [0.15, 0.2) is 18.2 Å². The van der Waals surface area contributed by atoms with Gasteiger partial charge in [0.15, 0.2) is 0 Å². The van der Waals surface area contributed by atoms with Gasteiger partial charge in [-0.2, -0.15) is 0 Å². The van der Waals surface area contributed by atoms with Gasteiger partial charge in [0.2, 0.25) is 0 Å². The lowest BCUT2D eigenvalue weighted by Gasteiger charge is -2.23. The Labute approximate surface area is 116 Å². The normalized spacial score (nSPS) is 21.7. The first-order chi connectivity index (χ1) is 9.20. The molecule has 1 N–H and O–H groups in total. The molecule has 1 aliphatic heterocycles. The highest BCUT2D eigenvalue weighted by molar-refractivity contribution is 5.38. The molecule has 2 unspecified atom stereocenters. The van der Waals surface area contributed by atoms with Crippen LogP contribution in [0, 0.1) is 6.92 Å². The number of ether oxygens (including phenoxy) is 2. The molecule has 0 aliphatic carbocycles. The molecule has 3 heteroatoms. The second kappa shape index (κ2) is 6.92. The molecule has 1 saturated heterocycles. The molecule has 0 radical (unpaired) electrons. The zero-order valence-corrected chi connectivity index (χ0v) is 12.2. The lowest BCUT2D eigenvalue weighted by atomic mass is 10.0. The van der Waals surface area contributed by atoms with Gasteiger partial charge < -0.3 is 14.8 Å². The minimum atomic E-state index is 0.304. The van der Waals surface area contributed by atoms with Crippen molar-refractivity contribution in [1.82, 2.24) is 5.32 Å². The Morgan fingerprint density at radius 3 is 2.95 bits per heavy atom. The summed E-state index contributed by atoms with van der Waals surface area (Å²) in [4.78, 5) is 0. The van der Waals surface area contributed by atoms with Crippen LogP contribution in [0.3, 0.4) is 0 Å². The van der Waals surface area contributed by atoms with E-state index in [0.29, 0.717) is 12.1 Å². The van der Waals surface area contributed by atoms with Gasteiger partial charge >= 0.3 is 0 Å². The first kappa shape index (κ1) is 14.4. The summed E-state index contributed by atoms with van der Waals surface area (Å²) in [5.41, 5.74) is 2.52. The highest BCUT2D eigenvalue weighted by Crippen LogP contribution is 2.27. The number of benzene rings is 1. The van der Waals surface area contributed by atoms with E-state index < -0.39 is 0 Å². The summed E-state index contributed by atoms with van der Waals surface area (Å²) in [7, 11) is 1.74. The van der Waals surface area contributed by atoms with Gasteiger partial charge in [-0.1, -0.05) is 17.7 Å². The molecule has 1 aliphatic rings. The van der Waals surface area contributed by atoms with Crippen molar-refractivity contribution < 1.29 is 9.47 Å². The van der Waals surface area contributed by atoms with E-state index in [9.17, 15) is 0 Å². The van der Waals surface area contributed by atoms with Crippen molar-refractivity contribution in [2.24, 2.45) is 0 Å². The van der Waals surface area contributed by atoms with Crippen molar-refractivity contribution >= 4 is 0 Å². The van der Waals surface area contributed by atoms with Gasteiger partial charge in [-0.05, 0) is 39.2 Å². The van der Waals surface area contributed by atoms with E-state index in [1.807, 2.05) is 0 Å². The minimum absolute atomic E-state index is 0.304. The number of hydrogen-bond donors (Lipinski definition) is 1. The molecule has 2 rings (SSSR count). The molecule has 19 heavy (non-hydrogen) atoms. The molecule has 1 aromatic carbocycles. The molecule has 3 nitrogen and oxygen atoms in total. The van der Waals surface area contributed by atoms with E-state index in [2.05, 4.69) is 37.4 Å². The summed E-state index contributed by atoms with van der Waals surface area (Å²) in [6, 6.07) is 7.21. The quantitative estimate of drug-likeness (QED) is 0.904. The topological polar surface area (TPSA) is 30.5 Å². The van der Waals surface area contributed by atoms with Crippen molar-refractivity contribution in [2.75, 3.05) is 20.3 Å². The Hall–Kier alpha value is -1.06. The van der Waals surface area contributed by atoms with Gasteiger partial charge in [0.25, 0.3) is 0 Å². The van der Waals surface area contributed by atoms with Crippen molar-refractivity contribution in [2.45, 2.75) is 45.2 Å². The van der Waals surface area contributed by atoms with Crippen molar-refractivity contribution in [3.05, 3.63) is 29.3 Å². The molecule has 106 valence electrons. The Balaban J connectivity index is 2.05. The molecule has 0 amide bonds. The second-order valence-corrected chi connectivity index (χ2v) is 5.37. The van der Waals surface area contributed by atoms with Crippen molar-refractivity contribution in [3.8, 4) is 5.75 Å². The van der Waals surface area contributed by atoms with E-state index in [4.69, 9.17) is 9.47 Å². The fourth-order valence-corrected chi connectivity index (χ4v) is 2.71. The Bertz CT molecular complexity index is 398. The van der Waals surface area contributed by atoms with Gasteiger partial charge in [0, 0.05) is 30.9 Å². The molecule has 1 aromatic rings. The van der Waals surface area contributed by atoms with Crippen LogP contribution in [0.1, 0.15) is 43.4 Å². The standard InChI is InChI=1S/C16H25NO2/c1-12-6-7-16(18-3)15(11-12)13(2)17-14-5-4-9-19-10-8-14/h6-7,11,13-14,17H,4-5,8-10H2,1-3H3. The molecule has 0 spiro atoms. The second-order valence-electron chi connectivity index (χ2n) is 5.37. The maximum Gasteiger partial charge on any atom is 0.123 e. The average Bonchev–Trinajstić information content (AvgIpc) is 2.67. The number of rotatable bonds is 4. The van der Waals surface area contributed by atoms with E-state index in [1.54, 1.807) is 7.11 Å². The number of methoxy groups -OCH3 is 1. The van der Waals surface area contributed by atoms with Crippen molar-refractivity contribution in [3.63, 3.8) is 0 Å². The van der Waals surface area contributed by atoms with Crippen LogP contribution in [0.4, 0.5) is 0 Å². The smallest absolute Gasteiger partial charge is 0.123 e. The van der Waals surface area contributed by atoms with E-state index in [0.717, 1.165) is 31.8 Å². The van der Waals surface area contributed by atoms with Gasteiger partial charge in [0.05, 0.1) is 7.11 Å². The Morgan fingerprint density at radius 1 is 1.32 bits per heavy atom. The maximum absolute atomic E-state index is 5.51. The minimum Gasteiger partial charge on any atom is -0.496 e. The van der Waals surface area contributed by atoms with Gasteiger partial charge in [-0.25, -0.2) is 0 Å². The van der Waals surface area contributed by atoms with Crippen LogP contribution in [0.2, 0.25) is 0 Å². The number of aryl methyl sites for hydroxylation is 1. The number of hydrogen-bond acceptors (Lipinski definition) is 3. The summed E-state index contributed by atoms with van der Waals surface area (Å²) in [6.45, 7) is 6.11. The van der Waals surface area contributed by atoms with Crippen LogP contribution in [-0.4, -0.2) is 26.4 Å². The summed E-state index contributed by atoms with van der Waals surface area (Å²) in [6.07, 6.45) is 3.44. The lowest BCUT2D eigenvalue weighted by Crippen LogP contribution is -2.32. The van der Waals surface area contributed by atoms with Gasteiger partial charge in [0.1, 0.15) is 5.75 Å². The first-order valence-corrected chi connectivity index (χ1v) is 7.19. The average molecular weight is 263 g/mol. The van der Waals surface area contributed by atoms with E-state index in [1.165, 1.54) is 17.5 Å². The predicted octanol–water partition coefficient (Wildman–Crippen LogP) is 3.22. The van der Waals surface area contributed by atoms with E-state index in [-0.39, 0.29) is 0 Å². The monoisotopic (exact) mass is 263 g/mol. The molecular formula is C16H25NO2. The van der Waals surface area contributed by atoms with Crippen LogP contribution < -0.4 is 10.1 Å². The third-order valence-electron chi connectivity index (χ3n) is 3.79. The van der Waals surface area contributed by atoms with Crippen LogP contribution >= 0.6 is 0 Å². The van der Waals surface area contributed by atoms with Gasteiger partial charge in [-0.15, -0.1) is 0 Å². The zero-order valence-electron chi connectivity index (χ0n) is 12.2. The Morgan fingerprint density at radius 2 is 2.16 bits per heavy atom. The highest BCUT2D eigenvalue weighted by Gasteiger charge is 2.18. The molecule has 0 bridgehead atoms. The fraction of sp³-hybridized carbons (Fsp3) is 0.625. The molecular weight excluding hydrogens is 238 g/mol. The highest BCUT2D eigenvalue weighted by atomic mass is 16.5. The molecule has 1 fully saturated rings. The fourth-order valence-electron chi connectivity index (χ4n) is 2.71. The summed E-state index contributed by atoms with van der Waals surface area (Å²) in [5, 5.41) is 3.72. The molecule has 2 atom stereocenters. The largest absolute Gasteiger partial charge is 0.496 e. The Kier molecular flexibility index (Phi) is 5.23. The third-order valence-corrected chi connectivity index (χ3v) is 3.79. The van der Waals surface area contributed by atoms with Gasteiger partial charge in [-0.3, -0.25) is 0 Å². The first-order valence-electron chi connectivity index (χ1n) is 7.19. The zero-order chi connectivity index (χ0) is 13.7. The summed E-state index contributed by atoms with van der Waals surface area (Å²) < 4.78 is 11.0. The SMILES string of the molecule is COc1ccc(C)cc1C(C)NC1CCCOCC1. The predicted molar refractivity (Wildman–Crippen MR) is 77.7 cm³/mol. The van der Waals surface area contributed by atoms with Crippen molar-refractivity contribution in [1.29, 1.82) is 0 Å². The molecule has 0 aromatic heterocycles.